The average Bonchev–Trinajstić information content (AvgIpc) is 3.59. The minimum Gasteiger partial charge on any atom is -0.453 e. The molecule has 1 aliphatic heterocycles. The monoisotopic (exact) mass is 453 g/mol. The molecule has 1 saturated heterocycles. The van der Waals surface area contributed by atoms with E-state index in [-0.39, 0.29) is 41.3 Å². The minimum absolute atomic E-state index is 0.104. The molecule has 0 aromatic heterocycles. The second-order valence-electron chi connectivity index (χ2n) is 9.31. The number of carbonyl (C=O) groups is 4. The van der Waals surface area contributed by atoms with Gasteiger partial charge in [-0.1, -0.05) is 42.5 Å². The lowest BCUT2D eigenvalue weighted by atomic mass is 9.63. The zero-order valence-electron chi connectivity index (χ0n) is 18.2. The van der Waals surface area contributed by atoms with Crippen molar-refractivity contribution in [2.24, 2.45) is 35.5 Å². The summed E-state index contributed by atoms with van der Waals surface area (Å²) in [5.41, 5.74) is 0.453. The van der Waals surface area contributed by atoms with Crippen molar-refractivity contribution >= 4 is 35.3 Å². The number of Topliss-reactive ketones (excluding diaryl/α,β-unsaturated/α-hetero) is 1. The summed E-state index contributed by atoms with van der Waals surface area (Å²) >= 11 is 1.54. The molecule has 8 atom stereocenters. The SMILES string of the molecule is CSCC[C@H](C(=O)O[C@H](C)C(=O)c1ccccc1)N1C(=O)[C@@H]2[C@H]3C=C[C@@H]([C@@H]4C[C@H]34)[C@@H]2C1=O. The summed E-state index contributed by atoms with van der Waals surface area (Å²) in [5.74, 6) is -0.360. The first-order chi connectivity index (χ1) is 15.4. The zero-order valence-corrected chi connectivity index (χ0v) is 19.0. The number of benzene rings is 1. The van der Waals surface area contributed by atoms with Gasteiger partial charge in [0.05, 0.1) is 11.8 Å². The number of likely N-dealkylation sites (tertiary alicyclic amines) is 1. The fourth-order valence-electron chi connectivity index (χ4n) is 6.01. The summed E-state index contributed by atoms with van der Waals surface area (Å²) in [6.07, 6.45) is 6.55. The van der Waals surface area contributed by atoms with Gasteiger partial charge in [-0.05, 0) is 55.4 Å². The molecule has 2 bridgehead atoms. The average molecular weight is 454 g/mol. The summed E-state index contributed by atoms with van der Waals surface area (Å²) in [6, 6.07) is 7.66. The van der Waals surface area contributed by atoms with Gasteiger partial charge in [-0.3, -0.25) is 19.3 Å². The van der Waals surface area contributed by atoms with Crippen LogP contribution in [0.2, 0.25) is 0 Å². The maximum atomic E-state index is 13.4. The first-order valence-corrected chi connectivity index (χ1v) is 12.7. The smallest absolute Gasteiger partial charge is 0.330 e. The topological polar surface area (TPSA) is 80.8 Å². The highest BCUT2D eigenvalue weighted by Crippen LogP contribution is 2.65. The number of ketones is 1. The Balaban J connectivity index is 1.36. The van der Waals surface area contributed by atoms with E-state index in [0.717, 1.165) is 6.42 Å². The van der Waals surface area contributed by atoms with Gasteiger partial charge in [0, 0.05) is 5.56 Å². The fraction of sp³-hybridized carbons (Fsp3) is 0.520. The van der Waals surface area contributed by atoms with Crippen molar-refractivity contribution in [3.63, 3.8) is 0 Å². The highest BCUT2D eigenvalue weighted by Gasteiger charge is 2.68. The predicted molar refractivity (Wildman–Crippen MR) is 120 cm³/mol. The number of imide groups is 1. The Labute approximate surface area is 191 Å². The van der Waals surface area contributed by atoms with Crippen LogP contribution in [-0.4, -0.2) is 52.6 Å². The number of amides is 2. The maximum Gasteiger partial charge on any atom is 0.330 e. The van der Waals surface area contributed by atoms with Gasteiger partial charge in [0.1, 0.15) is 6.04 Å². The summed E-state index contributed by atoms with van der Waals surface area (Å²) in [5, 5.41) is 0. The number of esters is 1. The van der Waals surface area contributed by atoms with E-state index in [2.05, 4.69) is 12.2 Å². The molecule has 1 heterocycles. The number of hydrogen-bond donors (Lipinski definition) is 0. The van der Waals surface area contributed by atoms with E-state index in [1.165, 1.54) is 11.8 Å². The van der Waals surface area contributed by atoms with Crippen molar-refractivity contribution in [1.82, 2.24) is 4.90 Å². The van der Waals surface area contributed by atoms with Crippen LogP contribution in [0.3, 0.4) is 0 Å². The quantitative estimate of drug-likeness (QED) is 0.261. The van der Waals surface area contributed by atoms with Gasteiger partial charge in [0.15, 0.2) is 6.10 Å². The molecule has 1 aromatic rings. The van der Waals surface area contributed by atoms with Crippen molar-refractivity contribution < 1.29 is 23.9 Å². The van der Waals surface area contributed by atoms with Gasteiger partial charge in [-0.2, -0.15) is 11.8 Å². The molecule has 2 amide bonds. The highest BCUT2D eigenvalue weighted by atomic mass is 32.2. The van der Waals surface area contributed by atoms with Crippen molar-refractivity contribution in [2.75, 3.05) is 12.0 Å². The van der Waals surface area contributed by atoms with E-state index < -0.39 is 18.1 Å². The first-order valence-electron chi connectivity index (χ1n) is 11.3. The van der Waals surface area contributed by atoms with Crippen molar-refractivity contribution in [2.45, 2.75) is 31.9 Å². The largest absolute Gasteiger partial charge is 0.453 e. The number of ether oxygens (including phenoxy) is 1. The van der Waals surface area contributed by atoms with Crippen LogP contribution in [0.15, 0.2) is 42.5 Å². The lowest BCUT2D eigenvalue weighted by molar-refractivity contribution is -0.160. The Bertz CT molecular complexity index is 955. The standard InChI is InChI=1S/C25H27NO5S/c1-13(22(27)14-6-4-3-5-7-14)31-25(30)19(10-11-32-2)26-23(28)20-15-8-9-16(18-12-17(15)18)21(20)24(26)29/h3-9,13,15-21H,10-12H2,1-2H3/t13-,15+,16+,17-,18+,19-,20-,21+/m1/s1. The summed E-state index contributed by atoms with van der Waals surface area (Å²) < 4.78 is 5.53. The van der Waals surface area contributed by atoms with E-state index in [1.54, 1.807) is 36.0 Å². The maximum absolute atomic E-state index is 13.4. The lowest BCUT2D eigenvalue weighted by Gasteiger charge is -2.37. The third-order valence-corrected chi connectivity index (χ3v) is 8.24. The Kier molecular flexibility index (Phi) is 5.48. The van der Waals surface area contributed by atoms with Gasteiger partial charge in [0.2, 0.25) is 17.6 Å². The molecule has 4 aliphatic carbocycles. The molecule has 0 unspecified atom stereocenters. The number of rotatable bonds is 8. The van der Waals surface area contributed by atoms with Crippen LogP contribution < -0.4 is 0 Å². The molecule has 2 saturated carbocycles. The minimum atomic E-state index is -0.998. The molecule has 32 heavy (non-hydrogen) atoms. The number of allylic oxidation sites excluding steroid dienone is 2. The molecule has 3 fully saturated rings. The van der Waals surface area contributed by atoms with Gasteiger partial charge in [0.25, 0.3) is 0 Å². The van der Waals surface area contributed by atoms with Crippen LogP contribution in [0.4, 0.5) is 0 Å². The van der Waals surface area contributed by atoms with E-state index in [1.807, 2.05) is 12.3 Å². The third kappa shape index (κ3) is 3.33. The Morgan fingerprint density at radius 2 is 1.66 bits per heavy atom. The number of carbonyl (C=O) groups excluding carboxylic acids is 4. The van der Waals surface area contributed by atoms with E-state index in [0.29, 0.717) is 29.6 Å². The molecule has 6 rings (SSSR count). The van der Waals surface area contributed by atoms with Crippen LogP contribution in [0, 0.1) is 35.5 Å². The normalized spacial score (nSPS) is 33.5. The van der Waals surface area contributed by atoms with Crippen LogP contribution >= 0.6 is 11.8 Å². The molecular weight excluding hydrogens is 426 g/mol. The van der Waals surface area contributed by atoms with Crippen molar-refractivity contribution in [1.29, 1.82) is 0 Å². The van der Waals surface area contributed by atoms with Crippen molar-refractivity contribution in [3.8, 4) is 0 Å². The van der Waals surface area contributed by atoms with Crippen LogP contribution in [0.25, 0.3) is 0 Å². The summed E-state index contributed by atoms with van der Waals surface area (Å²) in [6.45, 7) is 1.53. The Hall–Kier alpha value is -2.41. The molecule has 0 N–H and O–H groups in total. The van der Waals surface area contributed by atoms with Gasteiger partial charge >= 0.3 is 5.97 Å². The Morgan fingerprint density at radius 1 is 1.06 bits per heavy atom. The van der Waals surface area contributed by atoms with Gasteiger partial charge < -0.3 is 4.74 Å². The predicted octanol–water partition coefficient (Wildman–Crippen LogP) is 2.98. The Morgan fingerprint density at radius 3 is 2.22 bits per heavy atom. The summed E-state index contributed by atoms with van der Waals surface area (Å²) in [7, 11) is 0. The molecule has 0 spiro atoms. The van der Waals surface area contributed by atoms with E-state index in [4.69, 9.17) is 4.74 Å². The second-order valence-corrected chi connectivity index (χ2v) is 10.3. The zero-order chi connectivity index (χ0) is 22.6. The molecule has 0 radical (unpaired) electrons. The van der Waals surface area contributed by atoms with Crippen LogP contribution in [0.5, 0.6) is 0 Å². The van der Waals surface area contributed by atoms with Gasteiger partial charge in [-0.25, -0.2) is 4.79 Å². The third-order valence-electron chi connectivity index (χ3n) is 7.60. The number of hydrogen-bond acceptors (Lipinski definition) is 6. The van der Waals surface area contributed by atoms with Gasteiger partial charge in [-0.15, -0.1) is 0 Å². The second kappa shape index (κ2) is 8.18. The molecule has 168 valence electrons. The van der Waals surface area contributed by atoms with E-state index in [9.17, 15) is 19.2 Å². The molecule has 7 heteroatoms. The molecular formula is C25H27NO5S. The van der Waals surface area contributed by atoms with Crippen molar-refractivity contribution in [3.05, 3.63) is 48.0 Å². The molecule has 6 nitrogen and oxygen atoms in total. The lowest BCUT2D eigenvalue weighted by Crippen LogP contribution is -2.48. The highest BCUT2D eigenvalue weighted by molar-refractivity contribution is 7.98. The number of nitrogens with zero attached hydrogens (tertiary/aromatic N) is 1. The van der Waals surface area contributed by atoms with E-state index >= 15 is 0 Å². The molecule has 1 aromatic carbocycles. The fourth-order valence-corrected chi connectivity index (χ4v) is 6.47. The number of thioether (sulfide) groups is 1. The van der Waals surface area contributed by atoms with Crippen LogP contribution in [-0.2, 0) is 19.1 Å². The summed E-state index contributed by atoms with van der Waals surface area (Å²) in [4.78, 5) is 53.9. The molecule has 5 aliphatic rings. The van der Waals surface area contributed by atoms with Crippen LogP contribution in [0.1, 0.15) is 30.1 Å². The first kappa shape index (κ1) is 21.4.